The Labute approximate surface area is 158 Å². The Morgan fingerprint density at radius 1 is 1.09 bits per heavy atom. The molecule has 3 nitrogen and oxygen atoms in total. The van der Waals surface area contributed by atoms with Crippen molar-refractivity contribution in [2.75, 3.05) is 18.2 Å². The third kappa shape index (κ3) is 4.85. The summed E-state index contributed by atoms with van der Waals surface area (Å²) in [4.78, 5) is 12.5. The van der Waals surface area contributed by atoms with Gasteiger partial charge in [0.2, 0.25) is 5.91 Å². The van der Waals surface area contributed by atoms with E-state index in [4.69, 9.17) is 51.1 Å². The molecule has 0 aliphatic carbocycles. The zero-order valence-electron chi connectivity index (χ0n) is 11.8. The van der Waals surface area contributed by atoms with Crippen LogP contribution in [-0.2, 0) is 4.79 Å². The number of anilines is 1. The van der Waals surface area contributed by atoms with Crippen LogP contribution in [0.15, 0.2) is 35.2 Å². The van der Waals surface area contributed by atoms with Crippen LogP contribution in [0.4, 0.5) is 5.69 Å². The SMILES string of the molecule is COc1ccc(NC(=O)CSc2c(Cl)c(Cl)cc(Cl)c2Cl)cc1. The van der Waals surface area contributed by atoms with Crippen LogP contribution in [0.5, 0.6) is 5.75 Å². The van der Waals surface area contributed by atoms with Gasteiger partial charge in [-0.3, -0.25) is 4.79 Å². The third-order valence-electron chi connectivity index (χ3n) is 2.79. The number of halogens is 4. The maximum atomic E-state index is 12.0. The lowest BCUT2D eigenvalue weighted by Gasteiger charge is -2.10. The quantitative estimate of drug-likeness (QED) is 0.482. The van der Waals surface area contributed by atoms with Crippen molar-refractivity contribution in [1.82, 2.24) is 0 Å². The Bertz CT molecular complexity index is 696. The second kappa shape index (κ2) is 8.36. The van der Waals surface area contributed by atoms with Crippen molar-refractivity contribution in [3.63, 3.8) is 0 Å². The van der Waals surface area contributed by atoms with Crippen molar-refractivity contribution in [2.45, 2.75) is 4.90 Å². The van der Waals surface area contributed by atoms with Gasteiger partial charge in [0.15, 0.2) is 0 Å². The highest BCUT2D eigenvalue weighted by molar-refractivity contribution is 8.00. The number of ether oxygens (including phenoxy) is 1. The van der Waals surface area contributed by atoms with Crippen LogP contribution in [0.1, 0.15) is 0 Å². The van der Waals surface area contributed by atoms with Crippen LogP contribution in [0.25, 0.3) is 0 Å². The molecule has 0 unspecified atom stereocenters. The van der Waals surface area contributed by atoms with E-state index in [9.17, 15) is 4.79 Å². The molecule has 0 aliphatic heterocycles. The van der Waals surface area contributed by atoms with Crippen molar-refractivity contribution in [2.24, 2.45) is 0 Å². The number of rotatable bonds is 5. The predicted molar refractivity (Wildman–Crippen MR) is 98.8 cm³/mol. The molecular weight excluding hydrogens is 400 g/mol. The lowest BCUT2D eigenvalue weighted by molar-refractivity contribution is -0.113. The van der Waals surface area contributed by atoms with Crippen molar-refractivity contribution in [1.29, 1.82) is 0 Å². The number of thioether (sulfide) groups is 1. The summed E-state index contributed by atoms with van der Waals surface area (Å²) in [6.07, 6.45) is 0. The molecule has 0 atom stereocenters. The second-order valence-corrected chi connectivity index (χ2v) is 6.92. The first-order valence-electron chi connectivity index (χ1n) is 6.32. The first-order chi connectivity index (χ1) is 10.9. The van der Waals surface area contributed by atoms with E-state index in [1.807, 2.05) is 0 Å². The zero-order valence-corrected chi connectivity index (χ0v) is 15.7. The fourth-order valence-electron chi connectivity index (χ4n) is 1.69. The molecule has 0 spiro atoms. The minimum absolute atomic E-state index is 0.113. The molecule has 8 heteroatoms. The number of benzene rings is 2. The number of nitrogens with one attached hydrogen (secondary N) is 1. The van der Waals surface area contributed by atoms with E-state index in [0.29, 0.717) is 26.4 Å². The highest BCUT2D eigenvalue weighted by Crippen LogP contribution is 2.42. The number of carbonyl (C=O) groups excluding carboxylic acids is 1. The van der Waals surface area contributed by atoms with E-state index in [0.717, 1.165) is 0 Å². The number of hydrogen-bond acceptors (Lipinski definition) is 3. The van der Waals surface area contributed by atoms with Crippen molar-refractivity contribution in [3.05, 3.63) is 50.4 Å². The maximum Gasteiger partial charge on any atom is 0.234 e. The fourth-order valence-corrected chi connectivity index (χ4v) is 3.76. The third-order valence-corrected chi connectivity index (χ3v) is 5.70. The molecule has 2 aromatic carbocycles. The molecule has 2 rings (SSSR count). The molecule has 0 bridgehead atoms. The summed E-state index contributed by atoms with van der Waals surface area (Å²) in [7, 11) is 1.58. The van der Waals surface area contributed by atoms with E-state index in [1.165, 1.54) is 17.8 Å². The Kier molecular flexibility index (Phi) is 6.74. The number of carbonyl (C=O) groups is 1. The minimum Gasteiger partial charge on any atom is -0.497 e. The molecule has 1 amide bonds. The highest BCUT2D eigenvalue weighted by Gasteiger charge is 2.16. The second-order valence-electron chi connectivity index (χ2n) is 4.36. The summed E-state index contributed by atoms with van der Waals surface area (Å²) in [5, 5.41) is 3.91. The van der Waals surface area contributed by atoms with Gasteiger partial charge in [0.1, 0.15) is 5.75 Å². The summed E-state index contributed by atoms with van der Waals surface area (Å²) in [6, 6.07) is 8.48. The van der Waals surface area contributed by atoms with Crippen LogP contribution in [-0.4, -0.2) is 18.8 Å². The molecule has 0 saturated carbocycles. The minimum atomic E-state index is -0.205. The van der Waals surface area contributed by atoms with E-state index in [-0.39, 0.29) is 21.7 Å². The summed E-state index contributed by atoms with van der Waals surface area (Å²) in [6.45, 7) is 0. The average Bonchev–Trinajstić information content (AvgIpc) is 2.53. The molecule has 0 radical (unpaired) electrons. The number of methoxy groups -OCH3 is 1. The number of amides is 1. The molecule has 0 heterocycles. The molecule has 0 saturated heterocycles. The number of hydrogen-bond donors (Lipinski definition) is 1. The first-order valence-corrected chi connectivity index (χ1v) is 8.81. The largest absolute Gasteiger partial charge is 0.497 e. The van der Waals surface area contributed by atoms with Gasteiger partial charge in [-0.15, -0.1) is 11.8 Å². The molecule has 0 fully saturated rings. The van der Waals surface area contributed by atoms with Crippen molar-refractivity contribution in [3.8, 4) is 5.75 Å². The van der Waals surface area contributed by atoms with Gasteiger partial charge in [-0.05, 0) is 30.3 Å². The fraction of sp³-hybridized carbons (Fsp3) is 0.133. The summed E-state index contributed by atoms with van der Waals surface area (Å²) < 4.78 is 5.06. The van der Waals surface area contributed by atoms with Gasteiger partial charge in [-0.1, -0.05) is 46.4 Å². The predicted octanol–water partition coefficient (Wildman–Crippen LogP) is 6.04. The lowest BCUT2D eigenvalue weighted by Crippen LogP contribution is -2.14. The molecule has 23 heavy (non-hydrogen) atoms. The Hall–Kier alpha value is -0.780. The van der Waals surface area contributed by atoms with Crippen LogP contribution in [0.3, 0.4) is 0 Å². The van der Waals surface area contributed by atoms with Crippen LogP contribution >= 0.6 is 58.2 Å². The van der Waals surface area contributed by atoms with Crippen LogP contribution in [0, 0.1) is 0 Å². The van der Waals surface area contributed by atoms with Crippen LogP contribution < -0.4 is 10.1 Å². The Balaban J connectivity index is 2.02. The molecule has 2 aromatic rings. The average molecular weight is 411 g/mol. The Morgan fingerprint density at radius 2 is 1.65 bits per heavy atom. The summed E-state index contributed by atoms with van der Waals surface area (Å²) in [5.74, 6) is 0.621. The molecular formula is C15H11Cl4NO2S. The summed E-state index contributed by atoms with van der Waals surface area (Å²) in [5.41, 5.74) is 0.665. The maximum absolute atomic E-state index is 12.0. The standard InChI is InChI=1S/C15H11Cl4NO2S/c1-22-9-4-2-8(3-5-9)20-12(21)7-23-15-13(18)10(16)6-11(17)14(15)19/h2-6H,7H2,1H3,(H,20,21). The van der Waals surface area contributed by atoms with Crippen LogP contribution in [0.2, 0.25) is 20.1 Å². The van der Waals surface area contributed by atoms with Gasteiger partial charge >= 0.3 is 0 Å². The Morgan fingerprint density at radius 3 is 2.17 bits per heavy atom. The van der Waals surface area contributed by atoms with E-state index in [2.05, 4.69) is 5.32 Å². The van der Waals surface area contributed by atoms with Gasteiger partial charge in [-0.2, -0.15) is 0 Å². The molecule has 0 aliphatic rings. The van der Waals surface area contributed by atoms with Crippen molar-refractivity contribution >= 4 is 69.8 Å². The molecule has 122 valence electrons. The zero-order chi connectivity index (χ0) is 17.0. The van der Waals surface area contributed by atoms with Gasteiger partial charge in [0.25, 0.3) is 0 Å². The monoisotopic (exact) mass is 409 g/mol. The summed E-state index contributed by atoms with van der Waals surface area (Å²) >= 11 is 25.3. The molecule has 0 aromatic heterocycles. The van der Waals surface area contributed by atoms with Gasteiger partial charge in [-0.25, -0.2) is 0 Å². The van der Waals surface area contributed by atoms with Gasteiger partial charge in [0.05, 0.1) is 33.0 Å². The van der Waals surface area contributed by atoms with Gasteiger partial charge < -0.3 is 10.1 Å². The topological polar surface area (TPSA) is 38.3 Å². The molecule has 1 N–H and O–H groups in total. The van der Waals surface area contributed by atoms with E-state index in [1.54, 1.807) is 31.4 Å². The van der Waals surface area contributed by atoms with E-state index >= 15 is 0 Å². The lowest BCUT2D eigenvalue weighted by atomic mass is 10.3. The smallest absolute Gasteiger partial charge is 0.234 e. The van der Waals surface area contributed by atoms with Crippen molar-refractivity contribution < 1.29 is 9.53 Å². The normalized spacial score (nSPS) is 10.5. The van der Waals surface area contributed by atoms with Gasteiger partial charge in [0, 0.05) is 10.6 Å². The van der Waals surface area contributed by atoms with E-state index < -0.39 is 0 Å². The first kappa shape index (κ1) is 18.6. The highest BCUT2D eigenvalue weighted by atomic mass is 35.5.